The Balaban J connectivity index is 1.84. The van der Waals surface area contributed by atoms with Crippen LogP contribution < -0.4 is 5.32 Å². The van der Waals surface area contributed by atoms with Gasteiger partial charge in [0.05, 0.1) is 11.7 Å². The minimum absolute atomic E-state index is 0.579. The SMILES string of the molecule is CC(C)C1CCNc2cc(C3CCCCCC3)nn21. The lowest BCUT2D eigenvalue weighted by Crippen LogP contribution is -2.26. The molecule has 2 aliphatic rings. The van der Waals surface area contributed by atoms with Crippen LogP contribution in [0.5, 0.6) is 0 Å². The minimum atomic E-state index is 0.579. The quantitative estimate of drug-likeness (QED) is 0.803. The van der Waals surface area contributed by atoms with Crippen molar-refractivity contribution in [3.63, 3.8) is 0 Å². The smallest absolute Gasteiger partial charge is 0.124 e. The highest BCUT2D eigenvalue weighted by Crippen LogP contribution is 2.35. The van der Waals surface area contributed by atoms with Crippen LogP contribution in [-0.2, 0) is 0 Å². The molecule has 1 saturated carbocycles. The van der Waals surface area contributed by atoms with E-state index in [0.717, 1.165) is 6.54 Å². The zero-order chi connectivity index (χ0) is 13.2. The Morgan fingerprint density at radius 1 is 1.16 bits per heavy atom. The summed E-state index contributed by atoms with van der Waals surface area (Å²) in [6.07, 6.45) is 9.47. The molecule has 3 rings (SSSR count). The molecule has 3 nitrogen and oxygen atoms in total. The maximum absolute atomic E-state index is 4.97. The molecule has 0 radical (unpaired) electrons. The number of nitrogens with one attached hydrogen (secondary N) is 1. The molecule has 1 unspecified atom stereocenters. The van der Waals surface area contributed by atoms with E-state index in [1.807, 2.05) is 0 Å². The van der Waals surface area contributed by atoms with Crippen LogP contribution in [0.25, 0.3) is 0 Å². The summed E-state index contributed by atoms with van der Waals surface area (Å²) in [5.74, 6) is 2.63. The van der Waals surface area contributed by atoms with Crippen LogP contribution in [0.1, 0.15) is 76.4 Å². The normalized spacial score (nSPS) is 24.9. The molecule has 0 aromatic carbocycles. The van der Waals surface area contributed by atoms with E-state index in [-0.39, 0.29) is 0 Å². The first-order valence-electron chi connectivity index (χ1n) is 8.09. The number of hydrogen-bond donors (Lipinski definition) is 1. The lowest BCUT2D eigenvalue weighted by atomic mass is 9.97. The van der Waals surface area contributed by atoms with Gasteiger partial charge in [-0.2, -0.15) is 5.10 Å². The monoisotopic (exact) mass is 261 g/mol. The van der Waals surface area contributed by atoms with Crippen molar-refractivity contribution in [3.05, 3.63) is 11.8 Å². The molecule has 1 aromatic heterocycles. The second-order valence-corrected chi connectivity index (χ2v) is 6.61. The molecular weight excluding hydrogens is 234 g/mol. The highest BCUT2D eigenvalue weighted by atomic mass is 15.4. The summed E-state index contributed by atoms with van der Waals surface area (Å²) >= 11 is 0. The molecule has 1 N–H and O–H groups in total. The second-order valence-electron chi connectivity index (χ2n) is 6.61. The molecule has 1 aliphatic heterocycles. The third-order valence-corrected chi connectivity index (χ3v) is 4.86. The van der Waals surface area contributed by atoms with Crippen molar-refractivity contribution in [1.82, 2.24) is 9.78 Å². The van der Waals surface area contributed by atoms with E-state index in [9.17, 15) is 0 Å². The average molecular weight is 261 g/mol. The van der Waals surface area contributed by atoms with E-state index in [1.54, 1.807) is 0 Å². The van der Waals surface area contributed by atoms with E-state index in [0.29, 0.717) is 17.9 Å². The molecule has 0 bridgehead atoms. The van der Waals surface area contributed by atoms with Gasteiger partial charge in [-0.3, -0.25) is 0 Å². The van der Waals surface area contributed by atoms with Crippen molar-refractivity contribution in [2.24, 2.45) is 5.92 Å². The van der Waals surface area contributed by atoms with Gasteiger partial charge in [-0.15, -0.1) is 0 Å². The average Bonchev–Trinajstić information content (AvgIpc) is 2.65. The number of aromatic nitrogens is 2. The molecule has 1 aromatic rings. The number of hydrogen-bond acceptors (Lipinski definition) is 2. The van der Waals surface area contributed by atoms with E-state index in [1.165, 1.54) is 56.5 Å². The third-order valence-electron chi connectivity index (χ3n) is 4.86. The fraction of sp³-hybridized carbons (Fsp3) is 0.812. The van der Waals surface area contributed by atoms with E-state index in [2.05, 4.69) is 29.9 Å². The number of anilines is 1. The summed E-state index contributed by atoms with van der Waals surface area (Å²) in [6, 6.07) is 2.90. The molecule has 0 spiro atoms. The van der Waals surface area contributed by atoms with Gasteiger partial charge in [0.15, 0.2) is 0 Å². The highest BCUT2D eigenvalue weighted by molar-refractivity contribution is 5.40. The van der Waals surface area contributed by atoms with Gasteiger partial charge in [0.25, 0.3) is 0 Å². The third kappa shape index (κ3) is 2.65. The Bertz CT molecular complexity index is 414. The number of rotatable bonds is 2. The fourth-order valence-electron chi connectivity index (χ4n) is 3.66. The predicted molar refractivity (Wildman–Crippen MR) is 79.7 cm³/mol. The molecule has 3 heteroatoms. The Morgan fingerprint density at radius 2 is 1.89 bits per heavy atom. The molecule has 1 atom stereocenters. The molecule has 0 amide bonds. The van der Waals surface area contributed by atoms with Crippen molar-refractivity contribution in [1.29, 1.82) is 0 Å². The Morgan fingerprint density at radius 3 is 2.58 bits per heavy atom. The molecule has 19 heavy (non-hydrogen) atoms. The van der Waals surface area contributed by atoms with Crippen LogP contribution in [0, 0.1) is 5.92 Å². The van der Waals surface area contributed by atoms with Gasteiger partial charge in [-0.05, 0) is 25.2 Å². The van der Waals surface area contributed by atoms with E-state index < -0.39 is 0 Å². The summed E-state index contributed by atoms with van der Waals surface area (Å²) in [4.78, 5) is 0. The zero-order valence-corrected chi connectivity index (χ0v) is 12.4. The maximum Gasteiger partial charge on any atom is 0.124 e. The van der Waals surface area contributed by atoms with Crippen LogP contribution in [0.15, 0.2) is 6.07 Å². The first kappa shape index (κ1) is 13.0. The lowest BCUT2D eigenvalue weighted by molar-refractivity contribution is 0.320. The highest BCUT2D eigenvalue weighted by Gasteiger charge is 2.26. The van der Waals surface area contributed by atoms with Crippen LogP contribution in [0.2, 0.25) is 0 Å². The van der Waals surface area contributed by atoms with Crippen molar-refractivity contribution >= 4 is 5.82 Å². The van der Waals surface area contributed by atoms with Gasteiger partial charge in [0.1, 0.15) is 5.82 Å². The van der Waals surface area contributed by atoms with Gasteiger partial charge in [0, 0.05) is 18.5 Å². The van der Waals surface area contributed by atoms with Crippen molar-refractivity contribution in [3.8, 4) is 0 Å². The van der Waals surface area contributed by atoms with Crippen LogP contribution >= 0.6 is 0 Å². The van der Waals surface area contributed by atoms with Gasteiger partial charge in [0.2, 0.25) is 0 Å². The van der Waals surface area contributed by atoms with E-state index >= 15 is 0 Å². The summed E-state index contributed by atoms with van der Waals surface area (Å²) in [5, 5.41) is 8.50. The van der Waals surface area contributed by atoms with Crippen LogP contribution in [-0.4, -0.2) is 16.3 Å². The standard InChI is InChI=1S/C16H27N3/c1-12(2)15-9-10-17-16-11-14(18-19(15)16)13-7-5-3-4-6-8-13/h11-13,15,17H,3-10H2,1-2H3. The Labute approximate surface area is 116 Å². The molecule has 1 fully saturated rings. The molecular formula is C16H27N3. The molecule has 0 saturated heterocycles. The van der Waals surface area contributed by atoms with Crippen LogP contribution in [0.3, 0.4) is 0 Å². The zero-order valence-electron chi connectivity index (χ0n) is 12.4. The van der Waals surface area contributed by atoms with Crippen LogP contribution in [0.4, 0.5) is 5.82 Å². The van der Waals surface area contributed by atoms with Gasteiger partial charge >= 0.3 is 0 Å². The summed E-state index contributed by atoms with van der Waals surface area (Å²) < 4.78 is 2.27. The summed E-state index contributed by atoms with van der Waals surface area (Å²) in [5.41, 5.74) is 1.34. The number of nitrogens with zero attached hydrogens (tertiary/aromatic N) is 2. The topological polar surface area (TPSA) is 29.9 Å². The molecule has 106 valence electrons. The maximum atomic E-state index is 4.97. The van der Waals surface area contributed by atoms with E-state index in [4.69, 9.17) is 5.10 Å². The Kier molecular flexibility index (Phi) is 3.81. The van der Waals surface area contributed by atoms with Crippen molar-refractivity contribution in [2.45, 2.75) is 70.8 Å². The second kappa shape index (κ2) is 5.56. The van der Waals surface area contributed by atoms with Gasteiger partial charge in [-0.1, -0.05) is 39.5 Å². The lowest BCUT2D eigenvalue weighted by Gasteiger charge is -2.28. The molecule has 1 aliphatic carbocycles. The van der Waals surface area contributed by atoms with Gasteiger partial charge in [-0.25, -0.2) is 4.68 Å². The molecule has 2 heterocycles. The predicted octanol–water partition coefficient (Wildman–Crippen LogP) is 4.33. The minimum Gasteiger partial charge on any atom is -0.370 e. The largest absolute Gasteiger partial charge is 0.370 e. The Hall–Kier alpha value is -0.990. The first-order valence-corrected chi connectivity index (χ1v) is 8.09. The van der Waals surface area contributed by atoms with Crippen molar-refractivity contribution in [2.75, 3.05) is 11.9 Å². The van der Waals surface area contributed by atoms with Gasteiger partial charge < -0.3 is 5.32 Å². The first-order chi connectivity index (χ1) is 9.25. The number of fused-ring (bicyclic) bond motifs is 1. The van der Waals surface area contributed by atoms with Crippen molar-refractivity contribution < 1.29 is 0 Å². The summed E-state index contributed by atoms with van der Waals surface area (Å²) in [6.45, 7) is 5.72. The fourth-order valence-corrected chi connectivity index (χ4v) is 3.66. The summed E-state index contributed by atoms with van der Waals surface area (Å²) in [7, 11) is 0.